The predicted molar refractivity (Wildman–Crippen MR) is 115 cm³/mol. The van der Waals surface area contributed by atoms with Crippen molar-refractivity contribution in [3.63, 3.8) is 0 Å². The van der Waals surface area contributed by atoms with Gasteiger partial charge >= 0.3 is 0 Å². The molecule has 1 saturated heterocycles. The molecule has 29 heavy (non-hydrogen) atoms. The highest BCUT2D eigenvalue weighted by Crippen LogP contribution is 2.32. The van der Waals surface area contributed by atoms with Gasteiger partial charge in [-0.1, -0.05) is 12.8 Å². The van der Waals surface area contributed by atoms with E-state index in [-0.39, 0.29) is 5.91 Å². The van der Waals surface area contributed by atoms with Crippen LogP contribution in [0.15, 0.2) is 36.7 Å². The average Bonchev–Trinajstić information content (AvgIpc) is 3.45. The van der Waals surface area contributed by atoms with Crippen molar-refractivity contribution in [1.82, 2.24) is 19.9 Å². The number of likely N-dealkylation sites (tertiary alicyclic amines) is 1. The Morgan fingerprint density at radius 1 is 1.10 bits per heavy atom. The standard InChI is InChI=1S/C23H27N5O/c29-23(28-13-4-1-5-14-28)18-9-6-11-24-21(18)19-15-20(26-16-7-2-3-8-16)27-22-17(19)10-12-25-22/h6,9-12,15-16H,1-5,7-8,13-14H2,(H2,25,26,27). The predicted octanol–water partition coefficient (Wildman–Crippen LogP) is 4.61. The van der Waals surface area contributed by atoms with Crippen molar-refractivity contribution in [3.05, 3.63) is 42.2 Å². The number of hydrogen-bond donors (Lipinski definition) is 2. The first-order valence-electron chi connectivity index (χ1n) is 10.8. The minimum Gasteiger partial charge on any atom is -0.367 e. The van der Waals surface area contributed by atoms with Gasteiger partial charge in [0.1, 0.15) is 11.5 Å². The van der Waals surface area contributed by atoms with E-state index in [9.17, 15) is 4.79 Å². The molecule has 4 heterocycles. The Morgan fingerprint density at radius 3 is 2.76 bits per heavy atom. The summed E-state index contributed by atoms with van der Waals surface area (Å²) in [7, 11) is 0. The lowest BCUT2D eigenvalue weighted by atomic mass is 10.0. The van der Waals surface area contributed by atoms with Crippen molar-refractivity contribution < 1.29 is 4.79 Å². The fourth-order valence-corrected chi connectivity index (χ4v) is 4.65. The molecule has 1 aliphatic carbocycles. The van der Waals surface area contributed by atoms with E-state index in [1.54, 1.807) is 6.20 Å². The van der Waals surface area contributed by atoms with Crippen molar-refractivity contribution in [3.8, 4) is 11.3 Å². The molecule has 0 atom stereocenters. The summed E-state index contributed by atoms with van der Waals surface area (Å²) in [5, 5.41) is 4.58. The third-order valence-corrected chi connectivity index (χ3v) is 6.17. The molecule has 5 rings (SSSR count). The molecule has 1 saturated carbocycles. The molecule has 1 aliphatic heterocycles. The number of anilines is 1. The van der Waals surface area contributed by atoms with Crippen LogP contribution in [0.1, 0.15) is 55.3 Å². The van der Waals surface area contributed by atoms with Gasteiger partial charge in [-0.3, -0.25) is 9.78 Å². The second kappa shape index (κ2) is 7.85. The number of carbonyl (C=O) groups excluding carboxylic acids is 1. The highest BCUT2D eigenvalue weighted by molar-refractivity contribution is 6.04. The Balaban J connectivity index is 1.56. The highest BCUT2D eigenvalue weighted by atomic mass is 16.2. The Bertz CT molecular complexity index is 1020. The second-order valence-corrected chi connectivity index (χ2v) is 8.17. The van der Waals surface area contributed by atoms with Gasteiger partial charge in [-0.25, -0.2) is 4.98 Å². The second-order valence-electron chi connectivity index (χ2n) is 8.17. The molecule has 3 aromatic heterocycles. The van der Waals surface area contributed by atoms with E-state index >= 15 is 0 Å². The van der Waals surface area contributed by atoms with Crippen molar-refractivity contribution in [1.29, 1.82) is 0 Å². The summed E-state index contributed by atoms with van der Waals surface area (Å²) in [6, 6.07) is 8.31. The molecule has 2 aliphatic rings. The number of aromatic amines is 1. The molecule has 2 N–H and O–H groups in total. The number of piperidine rings is 1. The van der Waals surface area contributed by atoms with Gasteiger partial charge in [0, 0.05) is 42.5 Å². The number of rotatable bonds is 4. The van der Waals surface area contributed by atoms with E-state index in [2.05, 4.69) is 21.4 Å². The van der Waals surface area contributed by atoms with Crippen LogP contribution in [0.2, 0.25) is 0 Å². The average molecular weight is 390 g/mol. The molecule has 0 bridgehead atoms. The summed E-state index contributed by atoms with van der Waals surface area (Å²) >= 11 is 0. The topological polar surface area (TPSA) is 73.9 Å². The molecule has 0 spiro atoms. The maximum Gasteiger partial charge on any atom is 0.256 e. The van der Waals surface area contributed by atoms with Crippen molar-refractivity contribution in [2.24, 2.45) is 0 Å². The molecule has 0 unspecified atom stereocenters. The summed E-state index contributed by atoms with van der Waals surface area (Å²) in [6.45, 7) is 1.66. The van der Waals surface area contributed by atoms with Crippen molar-refractivity contribution in [2.45, 2.75) is 51.0 Å². The first-order valence-corrected chi connectivity index (χ1v) is 10.8. The smallest absolute Gasteiger partial charge is 0.256 e. The zero-order chi connectivity index (χ0) is 19.6. The lowest BCUT2D eigenvalue weighted by Crippen LogP contribution is -2.36. The van der Waals surface area contributed by atoms with Crippen LogP contribution < -0.4 is 5.32 Å². The van der Waals surface area contributed by atoms with Gasteiger partial charge in [-0.05, 0) is 56.4 Å². The number of H-pyrrole nitrogens is 1. The molecular formula is C23H27N5O. The summed E-state index contributed by atoms with van der Waals surface area (Å²) in [6.07, 6.45) is 11.9. The van der Waals surface area contributed by atoms with E-state index in [1.807, 2.05) is 29.3 Å². The van der Waals surface area contributed by atoms with E-state index in [1.165, 1.54) is 32.1 Å². The van der Waals surface area contributed by atoms with Crippen LogP contribution in [0.4, 0.5) is 5.82 Å². The fourth-order valence-electron chi connectivity index (χ4n) is 4.65. The van der Waals surface area contributed by atoms with Gasteiger partial charge in [-0.2, -0.15) is 0 Å². The van der Waals surface area contributed by atoms with Crippen LogP contribution in [0.5, 0.6) is 0 Å². The number of aromatic nitrogens is 3. The lowest BCUT2D eigenvalue weighted by Gasteiger charge is -2.27. The minimum atomic E-state index is 0.0820. The number of hydrogen-bond acceptors (Lipinski definition) is 4. The van der Waals surface area contributed by atoms with Crippen LogP contribution in [-0.4, -0.2) is 44.9 Å². The van der Waals surface area contributed by atoms with Crippen LogP contribution in [0, 0.1) is 0 Å². The van der Waals surface area contributed by atoms with E-state index in [4.69, 9.17) is 4.98 Å². The number of amides is 1. The molecule has 6 nitrogen and oxygen atoms in total. The van der Waals surface area contributed by atoms with E-state index in [0.717, 1.165) is 54.0 Å². The normalized spacial score (nSPS) is 17.7. The number of nitrogens with zero attached hydrogens (tertiary/aromatic N) is 3. The first kappa shape index (κ1) is 18.2. The van der Waals surface area contributed by atoms with E-state index < -0.39 is 0 Å². The van der Waals surface area contributed by atoms with Gasteiger partial charge in [0.2, 0.25) is 0 Å². The van der Waals surface area contributed by atoms with Crippen molar-refractivity contribution >= 4 is 22.8 Å². The molecular weight excluding hydrogens is 362 g/mol. The van der Waals surface area contributed by atoms with Gasteiger partial charge in [0.15, 0.2) is 0 Å². The lowest BCUT2D eigenvalue weighted by molar-refractivity contribution is 0.0725. The van der Waals surface area contributed by atoms with Gasteiger partial charge in [-0.15, -0.1) is 0 Å². The number of carbonyl (C=O) groups is 1. The Morgan fingerprint density at radius 2 is 1.93 bits per heavy atom. The summed E-state index contributed by atoms with van der Waals surface area (Å²) in [5.41, 5.74) is 3.20. The van der Waals surface area contributed by atoms with Crippen LogP contribution in [0.3, 0.4) is 0 Å². The summed E-state index contributed by atoms with van der Waals surface area (Å²) in [4.78, 5) is 27.9. The maximum absolute atomic E-state index is 13.3. The Hall–Kier alpha value is -2.89. The van der Waals surface area contributed by atoms with Crippen LogP contribution >= 0.6 is 0 Å². The molecule has 2 fully saturated rings. The Kier molecular flexibility index (Phi) is 4.92. The van der Waals surface area contributed by atoms with E-state index in [0.29, 0.717) is 11.6 Å². The zero-order valence-corrected chi connectivity index (χ0v) is 16.7. The number of pyridine rings is 2. The molecule has 0 aromatic carbocycles. The molecule has 150 valence electrons. The van der Waals surface area contributed by atoms with Gasteiger partial charge in [0.05, 0.1) is 11.3 Å². The quantitative estimate of drug-likeness (QED) is 0.684. The minimum absolute atomic E-state index is 0.0820. The molecule has 0 radical (unpaired) electrons. The van der Waals surface area contributed by atoms with Gasteiger partial charge < -0.3 is 15.2 Å². The number of fused-ring (bicyclic) bond motifs is 1. The van der Waals surface area contributed by atoms with Gasteiger partial charge in [0.25, 0.3) is 5.91 Å². The van der Waals surface area contributed by atoms with Crippen LogP contribution in [-0.2, 0) is 0 Å². The Labute approximate surface area is 170 Å². The zero-order valence-electron chi connectivity index (χ0n) is 16.7. The monoisotopic (exact) mass is 389 g/mol. The molecule has 3 aromatic rings. The third kappa shape index (κ3) is 3.59. The maximum atomic E-state index is 13.3. The first-order chi connectivity index (χ1) is 14.3. The largest absolute Gasteiger partial charge is 0.367 e. The molecule has 6 heteroatoms. The fraction of sp³-hybridized carbons (Fsp3) is 0.435. The van der Waals surface area contributed by atoms with Crippen LogP contribution in [0.25, 0.3) is 22.3 Å². The highest BCUT2D eigenvalue weighted by Gasteiger charge is 2.24. The SMILES string of the molecule is O=C(c1cccnc1-c1cc(NC2CCCC2)nc2[nH]ccc12)N1CCCCC1. The van der Waals surface area contributed by atoms with Crippen molar-refractivity contribution in [2.75, 3.05) is 18.4 Å². The molecule has 1 amide bonds. The third-order valence-electron chi connectivity index (χ3n) is 6.17. The summed E-state index contributed by atoms with van der Waals surface area (Å²) in [5.74, 6) is 0.933. The number of nitrogens with one attached hydrogen (secondary N) is 2. The summed E-state index contributed by atoms with van der Waals surface area (Å²) < 4.78 is 0.